The number of carbonyl (C=O) groups is 1. The van der Waals surface area contributed by atoms with Crippen LogP contribution in [0.1, 0.15) is 18.5 Å². The van der Waals surface area contributed by atoms with Crippen molar-refractivity contribution >= 4 is 28.7 Å². The molecule has 1 aromatic heterocycles. The van der Waals surface area contributed by atoms with Crippen molar-refractivity contribution in [3.8, 4) is 10.6 Å². The molecule has 1 heterocycles. The first-order valence-electron chi connectivity index (χ1n) is 8.24. The second kappa shape index (κ2) is 7.96. The zero-order valence-electron chi connectivity index (χ0n) is 14.8. The van der Waals surface area contributed by atoms with Gasteiger partial charge in [0.2, 0.25) is 0 Å². The summed E-state index contributed by atoms with van der Waals surface area (Å²) in [6, 6.07) is 13.1. The van der Waals surface area contributed by atoms with Gasteiger partial charge in [0.1, 0.15) is 5.01 Å². The maximum atomic E-state index is 12.5. The summed E-state index contributed by atoms with van der Waals surface area (Å²) in [6.07, 6.45) is 1.75. The molecule has 0 aliphatic carbocycles. The Morgan fingerprint density at radius 2 is 2.00 bits per heavy atom. The number of rotatable bonds is 5. The van der Waals surface area contributed by atoms with Gasteiger partial charge in [0.05, 0.1) is 11.0 Å². The van der Waals surface area contributed by atoms with Gasteiger partial charge in [0.15, 0.2) is 0 Å². The third-order valence-electron chi connectivity index (χ3n) is 4.28. The number of hydrogen-bond acceptors (Lipinski definition) is 5. The van der Waals surface area contributed by atoms with Crippen molar-refractivity contribution in [3.63, 3.8) is 0 Å². The predicted molar refractivity (Wildman–Crippen MR) is 106 cm³/mol. The van der Waals surface area contributed by atoms with E-state index in [2.05, 4.69) is 10.3 Å². The lowest BCUT2D eigenvalue weighted by Crippen LogP contribution is -2.33. The molecule has 1 N–H and O–H groups in total. The van der Waals surface area contributed by atoms with Gasteiger partial charge in [-0.3, -0.25) is 10.1 Å². The summed E-state index contributed by atoms with van der Waals surface area (Å²) in [5.74, 6) is 0. The summed E-state index contributed by atoms with van der Waals surface area (Å²) in [7, 11) is 1.66. The maximum absolute atomic E-state index is 12.5. The van der Waals surface area contributed by atoms with E-state index >= 15 is 0 Å². The van der Waals surface area contributed by atoms with Crippen LogP contribution in [0.25, 0.3) is 10.6 Å². The van der Waals surface area contributed by atoms with Crippen LogP contribution in [-0.2, 0) is 0 Å². The van der Waals surface area contributed by atoms with Gasteiger partial charge in [-0.05, 0) is 36.8 Å². The van der Waals surface area contributed by atoms with Crippen LogP contribution in [0.5, 0.6) is 0 Å². The van der Waals surface area contributed by atoms with E-state index in [1.54, 1.807) is 36.7 Å². The second-order valence-corrected chi connectivity index (χ2v) is 6.88. The van der Waals surface area contributed by atoms with Gasteiger partial charge in [-0.2, -0.15) is 0 Å². The first kappa shape index (κ1) is 18.5. The summed E-state index contributed by atoms with van der Waals surface area (Å²) in [4.78, 5) is 28.8. The Kier molecular flexibility index (Phi) is 5.46. The van der Waals surface area contributed by atoms with Gasteiger partial charge in [-0.1, -0.05) is 12.1 Å². The molecule has 0 bridgehead atoms. The number of benzene rings is 2. The molecular weight excluding hydrogens is 364 g/mol. The van der Waals surface area contributed by atoms with Crippen molar-refractivity contribution in [2.24, 2.45) is 0 Å². The van der Waals surface area contributed by atoms with Crippen LogP contribution in [-0.4, -0.2) is 27.9 Å². The molecule has 0 saturated heterocycles. The van der Waals surface area contributed by atoms with Crippen LogP contribution >= 0.6 is 11.3 Å². The van der Waals surface area contributed by atoms with Gasteiger partial charge in [0, 0.05) is 42.0 Å². The number of nitrogens with one attached hydrogen (secondary N) is 1. The Morgan fingerprint density at radius 3 is 2.63 bits per heavy atom. The largest absolute Gasteiger partial charge is 0.322 e. The molecule has 1 atom stereocenters. The first-order valence-corrected chi connectivity index (χ1v) is 9.12. The number of thiazole rings is 1. The Bertz CT molecular complexity index is 942. The lowest BCUT2D eigenvalue weighted by atomic mass is 10.1. The van der Waals surface area contributed by atoms with Crippen molar-refractivity contribution in [1.29, 1.82) is 0 Å². The SMILES string of the molecule is CC(c1cccc([N+](=O)[O-])c1)N(C)C(=O)Nc1ccc(-c2nccs2)cc1. The Labute approximate surface area is 160 Å². The standard InChI is InChI=1S/C19H18N4O3S/c1-13(15-4-3-5-17(12-15)23(25)26)22(2)19(24)21-16-8-6-14(7-9-16)18-20-10-11-27-18/h3-13H,1-2H3,(H,21,24). The van der Waals surface area contributed by atoms with Gasteiger partial charge in [-0.15, -0.1) is 11.3 Å². The van der Waals surface area contributed by atoms with E-state index in [-0.39, 0.29) is 17.8 Å². The number of urea groups is 1. The quantitative estimate of drug-likeness (QED) is 0.500. The monoisotopic (exact) mass is 382 g/mol. The number of hydrogen-bond donors (Lipinski definition) is 1. The molecule has 3 aromatic rings. The van der Waals surface area contributed by atoms with Crippen LogP contribution in [0.3, 0.4) is 0 Å². The average Bonchev–Trinajstić information content (AvgIpc) is 3.22. The smallest absolute Gasteiger partial charge is 0.321 e. The summed E-state index contributed by atoms with van der Waals surface area (Å²) in [6.45, 7) is 1.82. The third-order valence-corrected chi connectivity index (χ3v) is 5.10. The zero-order valence-corrected chi connectivity index (χ0v) is 15.6. The molecule has 0 saturated carbocycles. The minimum Gasteiger partial charge on any atom is -0.321 e. The van der Waals surface area contributed by atoms with Gasteiger partial charge in [-0.25, -0.2) is 9.78 Å². The summed E-state index contributed by atoms with van der Waals surface area (Å²) in [5, 5.41) is 16.6. The molecule has 7 nitrogen and oxygen atoms in total. The molecule has 0 aliphatic heterocycles. The normalized spacial score (nSPS) is 11.6. The minimum absolute atomic E-state index is 0.00549. The molecule has 3 rings (SSSR count). The van der Waals surface area contributed by atoms with Crippen LogP contribution < -0.4 is 5.32 Å². The van der Waals surface area contributed by atoms with Crippen molar-refractivity contribution in [2.45, 2.75) is 13.0 Å². The fourth-order valence-electron chi connectivity index (χ4n) is 2.57. The molecule has 0 radical (unpaired) electrons. The Morgan fingerprint density at radius 1 is 1.26 bits per heavy atom. The molecule has 8 heteroatoms. The third kappa shape index (κ3) is 4.29. The number of amides is 2. The maximum Gasteiger partial charge on any atom is 0.322 e. The zero-order chi connectivity index (χ0) is 19.4. The lowest BCUT2D eigenvalue weighted by molar-refractivity contribution is -0.384. The fraction of sp³-hybridized carbons (Fsp3) is 0.158. The highest BCUT2D eigenvalue weighted by molar-refractivity contribution is 7.13. The fourth-order valence-corrected chi connectivity index (χ4v) is 3.22. The molecule has 27 heavy (non-hydrogen) atoms. The molecule has 1 unspecified atom stereocenters. The Hall–Kier alpha value is -3.26. The van der Waals surface area contributed by atoms with E-state index in [9.17, 15) is 14.9 Å². The van der Waals surface area contributed by atoms with E-state index in [0.717, 1.165) is 10.6 Å². The number of nitro benzene ring substituents is 1. The van der Waals surface area contributed by atoms with Crippen LogP contribution in [0, 0.1) is 10.1 Å². The highest BCUT2D eigenvalue weighted by Gasteiger charge is 2.19. The van der Waals surface area contributed by atoms with Gasteiger partial charge < -0.3 is 10.2 Å². The van der Waals surface area contributed by atoms with Crippen molar-refractivity contribution in [2.75, 3.05) is 12.4 Å². The van der Waals surface area contributed by atoms with Crippen molar-refractivity contribution in [1.82, 2.24) is 9.88 Å². The van der Waals surface area contributed by atoms with E-state index < -0.39 is 4.92 Å². The summed E-state index contributed by atoms with van der Waals surface area (Å²) in [5.41, 5.74) is 2.35. The molecular formula is C19H18N4O3S. The molecule has 2 amide bonds. The molecule has 2 aromatic carbocycles. The van der Waals surface area contributed by atoms with E-state index in [0.29, 0.717) is 11.3 Å². The van der Waals surface area contributed by atoms with Crippen LogP contribution in [0.2, 0.25) is 0 Å². The first-order chi connectivity index (χ1) is 13.0. The van der Waals surface area contributed by atoms with Crippen LogP contribution in [0.4, 0.5) is 16.2 Å². The minimum atomic E-state index is -0.444. The molecule has 0 spiro atoms. The van der Waals surface area contributed by atoms with Crippen LogP contribution in [0.15, 0.2) is 60.1 Å². The van der Waals surface area contributed by atoms with E-state index in [1.807, 2.05) is 36.6 Å². The van der Waals surface area contributed by atoms with Gasteiger partial charge in [0.25, 0.3) is 5.69 Å². The predicted octanol–water partition coefficient (Wildman–Crippen LogP) is 4.94. The molecule has 138 valence electrons. The number of nitrogens with zero attached hydrogens (tertiary/aromatic N) is 3. The highest BCUT2D eigenvalue weighted by Crippen LogP contribution is 2.25. The number of aromatic nitrogens is 1. The second-order valence-electron chi connectivity index (χ2n) is 5.98. The van der Waals surface area contributed by atoms with E-state index in [4.69, 9.17) is 0 Å². The highest BCUT2D eigenvalue weighted by atomic mass is 32.1. The van der Waals surface area contributed by atoms with Crippen molar-refractivity contribution in [3.05, 3.63) is 75.8 Å². The lowest BCUT2D eigenvalue weighted by Gasteiger charge is -2.25. The average molecular weight is 382 g/mol. The summed E-state index contributed by atoms with van der Waals surface area (Å²) >= 11 is 1.55. The molecule has 0 aliphatic rings. The van der Waals surface area contributed by atoms with Crippen molar-refractivity contribution < 1.29 is 9.72 Å². The van der Waals surface area contributed by atoms with Gasteiger partial charge >= 0.3 is 6.03 Å². The topological polar surface area (TPSA) is 88.4 Å². The van der Waals surface area contributed by atoms with E-state index in [1.165, 1.54) is 17.0 Å². The molecule has 0 fully saturated rings. The number of anilines is 1. The number of nitro groups is 1. The number of carbonyl (C=O) groups excluding carboxylic acids is 1. The Balaban J connectivity index is 1.68. The number of non-ortho nitro benzene ring substituents is 1. The summed E-state index contributed by atoms with van der Waals surface area (Å²) < 4.78 is 0.